The lowest BCUT2D eigenvalue weighted by Gasteiger charge is -2.00. The van der Waals surface area contributed by atoms with Gasteiger partial charge in [0.25, 0.3) is 0 Å². The molecular formula is C10H8BrNOS2. The van der Waals surface area contributed by atoms with Crippen molar-refractivity contribution >= 4 is 39.0 Å². The molecule has 0 aliphatic heterocycles. The summed E-state index contributed by atoms with van der Waals surface area (Å²) in [6, 6.07) is 7.95. The SMILES string of the molecule is COc1ccc(Sc2nc(Br)cs2)cc1. The molecule has 0 saturated heterocycles. The molecule has 0 bridgehead atoms. The van der Waals surface area contributed by atoms with E-state index in [0.717, 1.165) is 19.6 Å². The summed E-state index contributed by atoms with van der Waals surface area (Å²) in [5.74, 6) is 0.875. The first kappa shape index (κ1) is 11.0. The summed E-state index contributed by atoms with van der Waals surface area (Å²) in [6.45, 7) is 0. The van der Waals surface area contributed by atoms with Crippen molar-refractivity contribution in [2.45, 2.75) is 9.24 Å². The summed E-state index contributed by atoms with van der Waals surface area (Å²) in [4.78, 5) is 5.48. The molecule has 0 aliphatic rings. The molecular weight excluding hydrogens is 294 g/mol. The topological polar surface area (TPSA) is 22.1 Å². The molecule has 1 aromatic heterocycles. The van der Waals surface area contributed by atoms with Gasteiger partial charge in [0, 0.05) is 10.3 Å². The first-order valence-electron chi connectivity index (χ1n) is 4.21. The van der Waals surface area contributed by atoms with Gasteiger partial charge in [-0.2, -0.15) is 0 Å². The Hall–Kier alpha value is -0.520. The second-order valence-electron chi connectivity index (χ2n) is 2.71. The third-order valence-electron chi connectivity index (χ3n) is 1.72. The molecule has 0 N–H and O–H groups in total. The monoisotopic (exact) mass is 301 g/mol. The Kier molecular flexibility index (Phi) is 3.66. The summed E-state index contributed by atoms with van der Waals surface area (Å²) >= 11 is 6.61. The van der Waals surface area contributed by atoms with Crippen LogP contribution in [0.2, 0.25) is 0 Å². The van der Waals surface area contributed by atoms with Crippen molar-refractivity contribution in [2.24, 2.45) is 0 Å². The van der Waals surface area contributed by atoms with Gasteiger partial charge < -0.3 is 4.74 Å². The van der Waals surface area contributed by atoms with Gasteiger partial charge in [-0.15, -0.1) is 11.3 Å². The van der Waals surface area contributed by atoms with Gasteiger partial charge in [-0.25, -0.2) is 4.98 Å². The average Bonchev–Trinajstić information content (AvgIpc) is 2.65. The van der Waals surface area contributed by atoms with Gasteiger partial charge in [-0.3, -0.25) is 0 Å². The van der Waals surface area contributed by atoms with Crippen molar-refractivity contribution < 1.29 is 4.74 Å². The van der Waals surface area contributed by atoms with E-state index in [4.69, 9.17) is 4.74 Å². The van der Waals surface area contributed by atoms with E-state index < -0.39 is 0 Å². The molecule has 0 amide bonds. The van der Waals surface area contributed by atoms with Gasteiger partial charge in [-0.1, -0.05) is 11.8 Å². The number of aromatic nitrogens is 1. The molecule has 0 spiro atoms. The molecule has 15 heavy (non-hydrogen) atoms. The third kappa shape index (κ3) is 2.96. The van der Waals surface area contributed by atoms with Crippen LogP contribution in [0.15, 0.2) is 43.5 Å². The van der Waals surface area contributed by atoms with Gasteiger partial charge in [0.2, 0.25) is 0 Å². The summed E-state index contributed by atoms with van der Waals surface area (Å²) in [6.07, 6.45) is 0. The molecule has 0 fully saturated rings. The number of thiazole rings is 1. The number of halogens is 1. The zero-order valence-corrected chi connectivity index (χ0v) is 11.2. The predicted octanol–water partition coefficient (Wildman–Crippen LogP) is 4.07. The van der Waals surface area contributed by atoms with Crippen molar-refractivity contribution in [1.82, 2.24) is 4.98 Å². The van der Waals surface area contributed by atoms with Gasteiger partial charge in [0.05, 0.1) is 7.11 Å². The summed E-state index contributed by atoms with van der Waals surface area (Å²) in [7, 11) is 1.67. The van der Waals surface area contributed by atoms with Crippen LogP contribution in [0.5, 0.6) is 5.75 Å². The summed E-state index contributed by atoms with van der Waals surface area (Å²) < 4.78 is 7.02. The first-order valence-corrected chi connectivity index (χ1v) is 6.70. The standard InChI is InChI=1S/C10H8BrNOS2/c1-13-7-2-4-8(5-3-7)15-10-12-9(11)6-14-10/h2-6H,1H3. The van der Waals surface area contributed by atoms with Gasteiger partial charge in [-0.05, 0) is 40.2 Å². The molecule has 0 radical (unpaired) electrons. The molecule has 1 heterocycles. The lowest BCUT2D eigenvalue weighted by atomic mass is 10.3. The van der Waals surface area contributed by atoms with E-state index in [-0.39, 0.29) is 0 Å². The number of hydrogen-bond donors (Lipinski definition) is 0. The van der Waals surface area contributed by atoms with Crippen molar-refractivity contribution in [3.63, 3.8) is 0 Å². The molecule has 0 atom stereocenters. The lowest BCUT2D eigenvalue weighted by molar-refractivity contribution is 0.414. The van der Waals surface area contributed by atoms with E-state index in [1.165, 1.54) is 0 Å². The third-order valence-corrected chi connectivity index (χ3v) is 4.38. The minimum Gasteiger partial charge on any atom is -0.497 e. The van der Waals surface area contributed by atoms with Crippen LogP contribution in [0.3, 0.4) is 0 Å². The number of rotatable bonds is 3. The van der Waals surface area contributed by atoms with Crippen LogP contribution < -0.4 is 4.74 Å². The fourth-order valence-electron chi connectivity index (χ4n) is 1.03. The fourth-order valence-corrected chi connectivity index (χ4v) is 3.37. The van der Waals surface area contributed by atoms with Gasteiger partial charge in [0.1, 0.15) is 10.4 Å². The Morgan fingerprint density at radius 1 is 1.33 bits per heavy atom. The molecule has 2 rings (SSSR count). The second kappa shape index (κ2) is 5.01. The molecule has 78 valence electrons. The Balaban J connectivity index is 2.11. The minimum absolute atomic E-state index is 0.875. The van der Waals surface area contributed by atoms with Crippen LogP contribution in [0.4, 0.5) is 0 Å². The van der Waals surface area contributed by atoms with E-state index in [2.05, 4.69) is 20.9 Å². The predicted molar refractivity (Wildman–Crippen MR) is 66.9 cm³/mol. The van der Waals surface area contributed by atoms with E-state index >= 15 is 0 Å². The second-order valence-corrected chi connectivity index (χ2v) is 5.70. The summed E-state index contributed by atoms with van der Waals surface area (Å²) in [5, 5.41) is 1.98. The zero-order valence-electron chi connectivity index (χ0n) is 7.94. The molecule has 0 aliphatic carbocycles. The van der Waals surface area contributed by atoms with E-state index in [9.17, 15) is 0 Å². The summed E-state index contributed by atoms with van der Waals surface area (Å²) in [5.41, 5.74) is 0. The van der Waals surface area contributed by atoms with Crippen LogP contribution >= 0.6 is 39.0 Å². The highest BCUT2D eigenvalue weighted by molar-refractivity contribution is 9.10. The number of nitrogens with zero attached hydrogens (tertiary/aromatic N) is 1. The normalized spacial score (nSPS) is 10.3. The average molecular weight is 302 g/mol. The molecule has 5 heteroatoms. The maximum absolute atomic E-state index is 5.09. The van der Waals surface area contributed by atoms with Crippen molar-refractivity contribution in [3.05, 3.63) is 34.2 Å². The highest BCUT2D eigenvalue weighted by Crippen LogP contribution is 2.32. The maximum atomic E-state index is 5.09. The van der Waals surface area contributed by atoms with Crippen LogP contribution in [0.25, 0.3) is 0 Å². The number of hydrogen-bond acceptors (Lipinski definition) is 4. The van der Waals surface area contributed by atoms with Crippen LogP contribution in [-0.2, 0) is 0 Å². The Bertz CT molecular complexity index is 441. The Morgan fingerprint density at radius 3 is 2.60 bits per heavy atom. The smallest absolute Gasteiger partial charge is 0.155 e. The molecule has 0 unspecified atom stereocenters. The number of benzene rings is 1. The van der Waals surface area contributed by atoms with Crippen molar-refractivity contribution in [3.8, 4) is 5.75 Å². The van der Waals surface area contributed by atoms with Crippen LogP contribution in [-0.4, -0.2) is 12.1 Å². The van der Waals surface area contributed by atoms with Crippen molar-refractivity contribution in [2.75, 3.05) is 7.11 Å². The first-order chi connectivity index (χ1) is 7.28. The van der Waals surface area contributed by atoms with Crippen LogP contribution in [0, 0.1) is 0 Å². The lowest BCUT2D eigenvalue weighted by Crippen LogP contribution is -1.81. The van der Waals surface area contributed by atoms with E-state index in [0.29, 0.717) is 0 Å². The fraction of sp³-hybridized carbons (Fsp3) is 0.100. The molecule has 1 aromatic carbocycles. The Morgan fingerprint density at radius 2 is 2.07 bits per heavy atom. The number of ether oxygens (including phenoxy) is 1. The molecule has 0 saturated carbocycles. The van der Waals surface area contributed by atoms with E-state index in [1.807, 2.05) is 29.6 Å². The largest absolute Gasteiger partial charge is 0.497 e. The number of methoxy groups -OCH3 is 1. The maximum Gasteiger partial charge on any atom is 0.155 e. The van der Waals surface area contributed by atoms with Crippen molar-refractivity contribution in [1.29, 1.82) is 0 Å². The highest BCUT2D eigenvalue weighted by atomic mass is 79.9. The zero-order chi connectivity index (χ0) is 10.7. The van der Waals surface area contributed by atoms with Crippen LogP contribution in [0.1, 0.15) is 0 Å². The van der Waals surface area contributed by atoms with Gasteiger partial charge >= 0.3 is 0 Å². The molecule has 2 nitrogen and oxygen atoms in total. The molecule has 2 aromatic rings. The quantitative estimate of drug-likeness (QED) is 0.853. The minimum atomic E-state index is 0.875. The van der Waals surface area contributed by atoms with Gasteiger partial charge in [0.15, 0.2) is 4.34 Å². The van der Waals surface area contributed by atoms with E-state index in [1.54, 1.807) is 30.2 Å². The highest BCUT2D eigenvalue weighted by Gasteiger charge is 2.02. The Labute approximate surface area is 105 Å².